The molecule has 0 bridgehead atoms. The van der Waals surface area contributed by atoms with Gasteiger partial charge in [0.1, 0.15) is 6.10 Å². The van der Waals surface area contributed by atoms with E-state index in [4.69, 9.17) is 18.9 Å². The molecular weight excluding hydrogens is 276 g/mol. The van der Waals surface area contributed by atoms with Crippen LogP contribution in [0.15, 0.2) is 12.2 Å². The van der Waals surface area contributed by atoms with E-state index in [1.807, 2.05) is 19.1 Å². The summed E-state index contributed by atoms with van der Waals surface area (Å²) < 4.78 is 21.6. The summed E-state index contributed by atoms with van der Waals surface area (Å²) in [6, 6.07) is 0. The normalized spacial score (nSPS) is 45.3. The number of esters is 2. The lowest BCUT2D eigenvalue weighted by atomic mass is 9.62. The molecule has 0 aromatic carbocycles. The van der Waals surface area contributed by atoms with Gasteiger partial charge < -0.3 is 18.9 Å². The number of rotatable bonds is 1. The number of hydrogen-bond donors (Lipinski definition) is 0. The van der Waals surface area contributed by atoms with Gasteiger partial charge in [-0.3, -0.25) is 9.59 Å². The highest BCUT2D eigenvalue weighted by Gasteiger charge is 2.58. The van der Waals surface area contributed by atoms with Gasteiger partial charge in [-0.2, -0.15) is 0 Å². The minimum Gasteiger partial charge on any atom is -0.469 e. The monoisotopic (exact) mass is 296 g/mol. The fraction of sp³-hybridized carbons (Fsp3) is 0.733. The van der Waals surface area contributed by atoms with Crippen LogP contribution in [0.1, 0.15) is 20.3 Å². The largest absolute Gasteiger partial charge is 0.469 e. The van der Waals surface area contributed by atoms with Gasteiger partial charge in [-0.25, -0.2) is 0 Å². The van der Waals surface area contributed by atoms with Gasteiger partial charge in [0.25, 0.3) is 0 Å². The van der Waals surface area contributed by atoms with Crippen LogP contribution in [-0.4, -0.2) is 44.2 Å². The molecule has 2 saturated heterocycles. The molecule has 0 radical (unpaired) electrons. The van der Waals surface area contributed by atoms with Crippen LogP contribution in [-0.2, 0) is 28.5 Å². The zero-order chi connectivity index (χ0) is 15.2. The van der Waals surface area contributed by atoms with E-state index in [0.29, 0.717) is 13.0 Å². The van der Waals surface area contributed by atoms with E-state index in [9.17, 15) is 9.59 Å². The van der Waals surface area contributed by atoms with Crippen molar-refractivity contribution >= 4 is 11.9 Å². The van der Waals surface area contributed by atoms with Crippen molar-refractivity contribution in [1.82, 2.24) is 0 Å². The topological polar surface area (TPSA) is 71.1 Å². The number of carbonyl (C=O) groups is 2. The summed E-state index contributed by atoms with van der Waals surface area (Å²) in [5.41, 5.74) is -0.916. The number of allylic oxidation sites excluding steroid dienone is 1. The zero-order valence-corrected chi connectivity index (χ0v) is 12.4. The first-order valence-electron chi connectivity index (χ1n) is 7.20. The van der Waals surface area contributed by atoms with Crippen molar-refractivity contribution in [3.8, 4) is 0 Å². The van der Waals surface area contributed by atoms with Gasteiger partial charge in [0, 0.05) is 5.92 Å². The zero-order valence-electron chi connectivity index (χ0n) is 12.4. The molecule has 1 aliphatic carbocycles. The summed E-state index contributed by atoms with van der Waals surface area (Å²) >= 11 is 0. The number of methoxy groups -OCH3 is 1. The molecular formula is C15H20O6. The molecule has 0 aromatic heterocycles. The Balaban J connectivity index is 1.96. The molecule has 0 aromatic rings. The van der Waals surface area contributed by atoms with Gasteiger partial charge in [0.2, 0.25) is 0 Å². The third kappa shape index (κ3) is 2.17. The van der Waals surface area contributed by atoms with Gasteiger partial charge in [0.05, 0.1) is 25.0 Å². The maximum absolute atomic E-state index is 12.4. The smallest absolute Gasteiger partial charge is 0.312 e. The molecule has 0 amide bonds. The summed E-state index contributed by atoms with van der Waals surface area (Å²) in [5, 5.41) is 0. The summed E-state index contributed by atoms with van der Waals surface area (Å²) in [4.78, 5) is 24.6. The molecule has 3 aliphatic rings. The van der Waals surface area contributed by atoms with E-state index < -0.39 is 23.4 Å². The van der Waals surface area contributed by atoms with Crippen LogP contribution >= 0.6 is 0 Å². The molecule has 2 fully saturated rings. The van der Waals surface area contributed by atoms with Crippen LogP contribution in [0.4, 0.5) is 0 Å². The molecule has 6 heteroatoms. The highest BCUT2D eigenvalue weighted by atomic mass is 16.7. The summed E-state index contributed by atoms with van der Waals surface area (Å²) in [5.74, 6) is -1.54. The van der Waals surface area contributed by atoms with Gasteiger partial charge in [-0.05, 0) is 20.3 Å². The van der Waals surface area contributed by atoms with Crippen LogP contribution < -0.4 is 0 Å². The van der Waals surface area contributed by atoms with Crippen LogP contribution in [0, 0.1) is 17.3 Å². The molecule has 3 rings (SSSR count). The predicted octanol–water partition coefficient (Wildman–Crippen LogP) is 1.04. The first kappa shape index (κ1) is 14.5. The first-order chi connectivity index (χ1) is 9.97. The van der Waals surface area contributed by atoms with E-state index in [1.54, 1.807) is 6.92 Å². The van der Waals surface area contributed by atoms with Gasteiger partial charge in [-0.15, -0.1) is 0 Å². The Morgan fingerprint density at radius 2 is 2.24 bits per heavy atom. The predicted molar refractivity (Wildman–Crippen MR) is 71.0 cm³/mol. The van der Waals surface area contributed by atoms with Crippen LogP contribution in [0.2, 0.25) is 0 Å². The maximum atomic E-state index is 12.4. The van der Waals surface area contributed by atoms with E-state index in [0.717, 1.165) is 0 Å². The van der Waals surface area contributed by atoms with E-state index in [-0.39, 0.29) is 24.3 Å². The molecule has 0 unspecified atom stereocenters. The highest BCUT2D eigenvalue weighted by molar-refractivity contribution is 5.86. The molecule has 2 heterocycles. The quantitative estimate of drug-likeness (QED) is 0.532. The highest BCUT2D eigenvalue weighted by Crippen LogP contribution is 2.48. The van der Waals surface area contributed by atoms with Crippen LogP contribution in [0.3, 0.4) is 0 Å². The Labute approximate surface area is 123 Å². The van der Waals surface area contributed by atoms with Gasteiger partial charge in [-0.1, -0.05) is 12.2 Å². The number of ether oxygens (including phenoxy) is 4. The van der Waals surface area contributed by atoms with Crippen LogP contribution in [0.25, 0.3) is 0 Å². The average molecular weight is 296 g/mol. The lowest BCUT2D eigenvalue weighted by Crippen LogP contribution is -2.60. The van der Waals surface area contributed by atoms with Crippen molar-refractivity contribution in [2.45, 2.75) is 38.8 Å². The Kier molecular flexibility index (Phi) is 3.53. The Morgan fingerprint density at radius 1 is 1.48 bits per heavy atom. The Hall–Kier alpha value is -1.40. The van der Waals surface area contributed by atoms with Crippen molar-refractivity contribution in [1.29, 1.82) is 0 Å². The summed E-state index contributed by atoms with van der Waals surface area (Å²) in [6.45, 7) is 3.89. The van der Waals surface area contributed by atoms with Crippen molar-refractivity contribution < 1.29 is 28.5 Å². The minimum atomic E-state index is -0.916. The third-order valence-corrected chi connectivity index (χ3v) is 4.73. The molecule has 21 heavy (non-hydrogen) atoms. The summed E-state index contributed by atoms with van der Waals surface area (Å²) in [6.07, 6.45) is 3.31. The molecule has 6 nitrogen and oxygen atoms in total. The van der Waals surface area contributed by atoms with Crippen molar-refractivity contribution in [2.75, 3.05) is 13.7 Å². The van der Waals surface area contributed by atoms with Crippen molar-refractivity contribution in [3.05, 3.63) is 12.2 Å². The fourth-order valence-corrected chi connectivity index (χ4v) is 3.63. The minimum absolute atomic E-state index is 0.194. The maximum Gasteiger partial charge on any atom is 0.312 e. The van der Waals surface area contributed by atoms with Gasteiger partial charge >= 0.3 is 11.9 Å². The van der Waals surface area contributed by atoms with Gasteiger partial charge in [0.15, 0.2) is 12.4 Å². The Bertz CT molecular complexity index is 487. The second-order valence-electron chi connectivity index (χ2n) is 6.07. The lowest BCUT2D eigenvalue weighted by molar-refractivity contribution is -0.281. The standard InChI is InChI=1S/C15H20O6/c1-8-19-7-10-12(20-8)9-5-4-6-15(2,14(17)18-3)11(9)13(16)21-10/h4-5,8-12H,6-7H2,1-3H3/t8-,9-,10-,11+,12+,15-/m1/s1. The number of fused-ring (bicyclic) bond motifs is 3. The first-order valence-corrected chi connectivity index (χ1v) is 7.20. The molecule has 116 valence electrons. The lowest BCUT2D eigenvalue weighted by Gasteiger charge is -2.49. The second kappa shape index (κ2) is 5.10. The second-order valence-corrected chi connectivity index (χ2v) is 6.07. The SMILES string of the molecule is COC(=O)[C@]1(C)CC=C[C@H]2[C@@H]3O[C@H](C)OC[C@H]3OC(=O)[C@H]21. The Morgan fingerprint density at radius 3 is 2.95 bits per heavy atom. The van der Waals surface area contributed by atoms with E-state index in [1.165, 1.54) is 7.11 Å². The third-order valence-electron chi connectivity index (χ3n) is 4.73. The fourth-order valence-electron chi connectivity index (χ4n) is 3.63. The molecule has 2 aliphatic heterocycles. The average Bonchev–Trinajstić information content (AvgIpc) is 2.47. The van der Waals surface area contributed by atoms with Crippen molar-refractivity contribution in [2.24, 2.45) is 17.3 Å². The van der Waals surface area contributed by atoms with Crippen molar-refractivity contribution in [3.63, 3.8) is 0 Å². The molecule has 0 N–H and O–H groups in total. The molecule has 6 atom stereocenters. The number of carbonyl (C=O) groups excluding carboxylic acids is 2. The van der Waals surface area contributed by atoms with Crippen LogP contribution in [0.5, 0.6) is 0 Å². The van der Waals surface area contributed by atoms with E-state index >= 15 is 0 Å². The molecule has 0 saturated carbocycles. The van der Waals surface area contributed by atoms with E-state index in [2.05, 4.69) is 0 Å². The summed E-state index contributed by atoms with van der Waals surface area (Å²) in [7, 11) is 1.34. The number of hydrogen-bond acceptors (Lipinski definition) is 6. The molecule has 0 spiro atoms.